The molecule has 0 amide bonds. The molecule has 0 unspecified atom stereocenters. The number of carbonyl (C=O) groups excluding carboxylic acids is 2. The largest absolute Gasteiger partial charge is 0.511 e. The topological polar surface area (TPSA) is 54.4 Å². The zero-order valence-electron chi connectivity index (χ0n) is 14.2. The van der Waals surface area contributed by atoms with Gasteiger partial charge in [0.05, 0.1) is 5.57 Å². The fourth-order valence-electron chi connectivity index (χ4n) is 4.22. The molecule has 1 fully saturated rings. The Bertz CT molecular complexity index is 705. The highest BCUT2D eigenvalue weighted by Crippen LogP contribution is 2.39. The minimum absolute atomic E-state index is 0.0410. The molecule has 3 rings (SSSR count). The van der Waals surface area contributed by atoms with E-state index in [1.807, 2.05) is 0 Å². The normalized spacial score (nSPS) is 20.8. The lowest BCUT2D eigenvalue weighted by atomic mass is 9.76. The first kappa shape index (κ1) is 16.0. The molecule has 0 radical (unpaired) electrons. The molecule has 0 saturated heterocycles. The molecule has 23 heavy (non-hydrogen) atoms. The van der Waals surface area contributed by atoms with Gasteiger partial charge in [-0.25, -0.2) is 0 Å². The fraction of sp³-hybridized carbons (Fsp3) is 0.500. The van der Waals surface area contributed by atoms with Crippen LogP contribution in [-0.2, 0) is 22.4 Å². The second kappa shape index (κ2) is 5.95. The fourth-order valence-corrected chi connectivity index (χ4v) is 4.22. The van der Waals surface area contributed by atoms with Gasteiger partial charge in [-0.15, -0.1) is 0 Å². The van der Waals surface area contributed by atoms with Gasteiger partial charge in [-0.05, 0) is 66.8 Å². The van der Waals surface area contributed by atoms with Crippen molar-refractivity contribution in [2.45, 2.75) is 65.2 Å². The minimum Gasteiger partial charge on any atom is -0.511 e. The van der Waals surface area contributed by atoms with E-state index in [4.69, 9.17) is 0 Å². The summed E-state index contributed by atoms with van der Waals surface area (Å²) in [6.07, 6.45) is 4.41. The summed E-state index contributed by atoms with van der Waals surface area (Å²) < 4.78 is 0. The summed E-state index contributed by atoms with van der Waals surface area (Å²) in [5.41, 5.74) is 6.64. The Morgan fingerprint density at radius 1 is 1.13 bits per heavy atom. The second-order valence-corrected chi connectivity index (χ2v) is 6.85. The number of ketones is 2. The lowest BCUT2D eigenvalue weighted by Crippen LogP contribution is -2.27. The monoisotopic (exact) mass is 312 g/mol. The summed E-state index contributed by atoms with van der Waals surface area (Å²) in [6.45, 7) is 6.01. The van der Waals surface area contributed by atoms with Crippen LogP contribution in [0.1, 0.15) is 66.3 Å². The lowest BCUT2D eigenvalue weighted by molar-refractivity contribution is -0.124. The third-order valence-electron chi connectivity index (χ3n) is 5.44. The van der Waals surface area contributed by atoms with Crippen LogP contribution in [0.15, 0.2) is 17.4 Å². The first-order valence-electron chi connectivity index (χ1n) is 8.54. The maximum atomic E-state index is 12.4. The van der Waals surface area contributed by atoms with Crippen LogP contribution in [0.4, 0.5) is 0 Å². The average molecular weight is 312 g/mol. The van der Waals surface area contributed by atoms with E-state index in [0.717, 1.165) is 18.4 Å². The number of carbonyl (C=O) groups is 2. The van der Waals surface area contributed by atoms with E-state index < -0.39 is 0 Å². The molecule has 1 N–H and O–H groups in total. The summed E-state index contributed by atoms with van der Waals surface area (Å²) in [4.78, 5) is 24.8. The summed E-state index contributed by atoms with van der Waals surface area (Å²) >= 11 is 0. The molecule has 3 heteroatoms. The Balaban J connectivity index is 1.98. The number of hydrogen-bond donors (Lipinski definition) is 1. The average Bonchev–Trinajstić information content (AvgIpc) is 3.00. The number of aliphatic hydroxyl groups excluding tert-OH is 1. The molecule has 1 aromatic carbocycles. The maximum absolute atomic E-state index is 12.4. The number of allylic oxidation sites excluding steroid dienone is 2. The Labute approximate surface area is 137 Å². The molecule has 1 saturated carbocycles. The highest BCUT2D eigenvalue weighted by Gasteiger charge is 2.35. The Hall–Kier alpha value is -1.90. The van der Waals surface area contributed by atoms with Crippen molar-refractivity contribution >= 4 is 11.6 Å². The van der Waals surface area contributed by atoms with Crippen molar-refractivity contribution in [3.63, 3.8) is 0 Å². The van der Waals surface area contributed by atoms with E-state index >= 15 is 0 Å². The zero-order valence-corrected chi connectivity index (χ0v) is 14.2. The molecule has 0 spiro atoms. The van der Waals surface area contributed by atoms with E-state index in [0.29, 0.717) is 19.3 Å². The molecular formula is C20H24O3. The van der Waals surface area contributed by atoms with Crippen molar-refractivity contribution in [1.29, 1.82) is 0 Å². The molecule has 0 aromatic heterocycles. The number of fused-ring (bicyclic) bond motifs is 1. The van der Waals surface area contributed by atoms with Crippen LogP contribution >= 0.6 is 0 Å². The van der Waals surface area contributed by atoms with Gasteiger partial charge >= 0.3 is 0 Å². The van der Waals surface area contributed by atoms with Crippen molar-refractivity contribution in [3.05, 3.63) is 45.2 Å². The Morgan fingerprint density at radius 3 is 2.35 bits per heavy atom. The van der Waals surface area contributed by atoms with Crippen LogP contribution < -0.4 is 0 Å². The Morgan fingerprint density at radius 2 is 1.74 bits per heavy atom. The van der Waals surface area contributed by atoms with Crippen molar-refractivity contribution in [3.8, 4) is 0 Å². The molecule has 0 aliphatic heterocycles. The maximum Gasteiger partial charge on any atom is 0.170 e. The SMILES string of the molecule is CCC(O)=C1C(=O)CC(c2cc(C)c3c(c2C)CCC3)CC1=O. The van der Waals surface area contributed by atoms with Crippen LogP contribution in [0, 0.1) is 13.8 Å². The first-order chi connectivity index (χ1) is 10.9. The highest BCUT2D eigenvalue weighted by molar-refractivity contribution is 6.22. The van der Waals surface area contributed by atoms with Gasteiger partial charge in [0, 0.05) is 19.3 Å². The minimum atomic E-state index is -0.205. The number of Topliss-reactive ketones (excluding diaryl/α,β-unsaturated/α-hetero) is 2. The molecule has 2 aliphatic carbocycles. The molecule has 0 bridgehead atoms. The van der Waals surface area contributed by atoms with E-state index in [1.165, 1.54) is 28.7 Å². The van der Waals surface area contributed by atoms with E-state index in [9.17, 15) is 14.7 Å². The summed E-state index contributed by atoms with van der Waals surface area (Å²) in [5.74, 6) is -0.514. The van der Waals surface area contributed by atoms with Crippen LogP contribution in [0.25, 0.3) is 0 Å². The number of aryl methyl sites for hydroxylation is 1. The van der Waals surface area contributed by atoms with Crippen molar-refractivity contribution in [2.24, 2.45) is 0 Å². The quantitative estimate of drug-likeness (QED) is 0.509. The lowest BCUT2D eigenvalue weighted by Gasteiger charge is -2.26. The van der Waals surface area contributed by atoms with Crippen molar-refractivity contribution < 1.29 is 14.7 Å². The van der Waals surface area contributed by atoms with E-state index in [1.54, 1.807) is 6.92 Å². The number of aliphatic hydroxyl groups is 1. The van der Waals surface area contributed by atoms with Gasteiger partial charge in [0.2, 0.25) is 0 Å². The third-order valence-corrected chi connectivity index (χ3v) is 5.44. The van der Waals surface area contributed by atoms with Crippen LogP contribution in [0.5, 0.6) is 0 Å². The summed E-state index contributed by atoms with van der Waals surface area (Å²) in [7, 11) is 0. The van der Waals surface area contributed by atoms with Crippen molar-refractivity contribution in [1.82, 2.24) is 0 Å². The molecule has 0 atom stereocenters. The third kappa shape index (κ3) is 2.62. The zero-order chi connectivity index (χ0) is 16.7. The van der Waals surface area contributed by atoms with Crippen LogP contribution in [-0.4, -0.2) is 16.7 Å². The predicted molar refractivity (Wildman–Crippen MR) is 89.9 cm³/mol. The second-order valence-electron chi connectivity index (χ2n) is 6.85. The smallest absolute Gasteiger partial charge is 0.170 e. The molecule has 122 valence electrons. The number of benzene rings is 1. The standard InChI is InChI=1S/C20H24O3/c1-4-17(21)20-18(22)9-13(10-19(20)23)16-8-11(2)14-6-5-7-15(14)12(16)3/h8,13,21H,4-7,9-10H2,1-3H3. The summed E-state index contributed by atoms with van der Waals surface area (Å²) in [5, 5.41) is 9.84. The van der Waals surface area contributed by atoms with Crippen molar-refractivity contribution in [2.75, 3.05) is 0 Å². The summed E-state index contributed by atoms with van der Waals surface area (Å²) in [6, 6.07) is 2.18. The van der Waals surface area contributed by atoms with Gasteiger partial charge < -0.3 is 5.11 Å². The van der Waals surface area contributed by atoms with Gasteiger partial charge in [-0.1, -0.05) is 13.0 Å². The van der Waals surface area contributed by atoms with Gasteiger partial charge in [-0.3, -0.25) is 9.59 Å². The highest BCUT2D eigenvalue weighted by atomic mass is 16.3. The molecule has 2 aliphatic rings. The predicted octanol–water partition coefficient (Wildman–Crippen LogP) is 4.03. The van der Waals surface area contributed by atoms with Gasteiger partial charge in [-0.2, -0.15) is 0 Å². The molecule has 0 heterocycles. The van der Waals surface area contributed by atoms with E-state index in [-0.39, 0.29) is 28.8 Å². The van der Waals surface area contributed by atoms with Crippen LogP contribution in [0.2, 0.25) is 0 Å². The van der Waals surface area contributed by atoms with Gasteiger partial charge in [0.25, 0.3) is 0 Å². The number of hydrogen-bond acceptors (Lipinski definition) is 3. The molecule has 1 aromatic rings. The van der Waals surface area contributed by atoms with Gasteiger partial charge in [0.15, 0.2) is 11.6 Å². The molecular weight excluding hydrogens is 288 g/mol. The van der Waals surface area contributed by atoms with Crippen LogP contribution in [0.3, 0.4) is 0 Å². The molecule has 3 nitrogen and oxygen atoms in total. The van der Waals surface area contributed by atoms with Gasteiger partial charge in [0.1, 0.15) is 5.76 Å². The Kier molecular flexibility index (Phi) is 4.13. The van der Waals surface area contributed by atoms with E-state index in [2.05, 4.69) is 19.9 Å². The first-order valence-corrected chi connectivity index (χ1v) is 8.54. The number of rotatable bonds is 2.